The number of hydrogen-bond donors (Lipinski definition) is 1. The highest BCUT2D eigenvalue weighted by Gasteiger charge is 2.24. The van der Waals surface area contributed by atoms with Gasteiger partial charge in [0, 0.05) is 5.69 Å². The summed E-state index contributed by atoms with van der Waals surface area (Å²) >= 11 is 0. The van der Waals surface area contributed by atoms with Crippen molar-refractivity contribution >= 4 is 5.97 Å². The smallest absolute Gasteiger partial charge is 0.344 e. The van der Waals surface area contributed by atoms with Crippen molar-refractivity contribution in [2.75, 3.05) is 6.61 Å². The van der Waals surface area contributed by atoms with Gasteiger partial charge in [-0.15, -0.1) is 0 Å². The van der Waals surface area contributed by atoms with Gasteiger partial charge in [-0.25, -0.2) is 4.79 Å². The van der Waals surface area contributed by atoms with Crippen LogP contribution in [0.1, 0.15) is 41.4 Å². The summed E-state index contributed by atoms with van der Waals surface area (Å²) < 4.78 is 10.7. The van der Waals surface area contributed by atoms with Crippen molar-refractivity contribution in [3.05, 3.63) is 33.2 Å². The van der Waals surface area contributed by atoms with Crippen LogP contribution in [0, 0.1) is 13.8 Å². The van der Waals surface area contributed by atoms with E-state index < -0.39 is 11.5 Å². The van der Waals surface area contributed by atoms with E-state index in [0.29, 0.717) is 5.56 Å². The summed E-state index contributed by atoms with van der Waals surface area (Å²) in [5, 5.41) is 0. The highest BCUT2D eigenvalue weighted by atomic mass is 16.6. The maximum Gasteiger partial charge on any atom is 0.344 e. The molecule has 0 saturated carbocycles. The van der Waals surface area contributed by atoms with Gasteiger partial charge >= 0.3 is 5.97 Å². The van der Waals surface area contributed by atoms with Gasteiger partial charge in [-0.2, -0.15) is 0 Å². The molecule has 2 rings (SSSR count). The van der Waals surface area contributed by atoms with E-state index in [1.54, 1.807) is 19.9 Å². The van der Waals surface area contributed by atoms with E-state index in [9.17, 15) is 9.59 Å². The maximum absolute atomic E-state index is 11.9. The average Bonchev–Trinajstić information content (AvgIpc) is 2.71. The fourth-order valence-corrected chi connectivity index (χ4v) is 2.36. The zero-order valence-corrected chi connectivity index (χ0v) is 11.5. The molecule has 0 amide bonds. The third-order valence-electron chi connectivity index (χ3n) is 3.29. The lowest BCUT2D eigenvalue weighted by Crippen LogP contribution is -2.25. The van der Waals surface area contributed by atoms with Gasteiger partial charge < -0.3 is 14.5 Å². The molecule has 0 spiro atoms. The molecule has 2 atom stereocenters. The Morgan fingerprint density at radius 2 is 2.21 bits per heavy atom. The van der Waals surface area contributed by atoms with Crippen LogP contribution in [0.5, 0.6) is 0 Å². The van der Waals surface area contributed by atoms with E-state index in [1.807, 2.05) is 6.92 Å². The standard InChI is InChI=1S/C14H19NO4/c1-8-6-9(2)15-13(16)12(8)14(17)18-7-11-5-4-10(3)19-11/h6,10-11H,4-5,7H2,1-3H3,(H,15,16)/t10-,11+/m0/s1. The molecule has 1 saturated heterocycles. The molecule has 19 heavy (non-hydrogen) atoms. The summed E-state index contributed by atoms with van der Waals surface area (Å²) in [4.78, 5) is 26.3. The highest BCUT2D eigenvalue weighted by molar-refractivity contribution is 5.90. The van der Waals surface area contributed by atoms with E-state index in [1.165, 1.54) is 0 Å². The number of aryl methyl sites for hydroxylation is 2. The van der Waals surface area contributed by atoms with Gasteiger partial charge in [0.1, 0.15) is 12.2 Å². The van der Waals surface area contributed by atoms with Gasteiger partial charge in [-0.3, -0.25) is 4.79 Å². The lowest BCUT2D eigenvalue weighted by atomic mass is 10.1. The summed E-state index contributed by atoms with van der Waals surface area (Å²) in [6.07, 6.45) is 2.03. The Hall–Kier alpha value is -1.62. The molecule has 5 heteroatoms. The number of aromatic amines is 1. The zero-order chi connectivity index (χ0) is 14.0. The maximum atomic E-state index is 11.9. The second-order valence-electron chi connectivity index (χ2n) is 5.08. The third kappa shape index (κ3) is 3.23. The molecule has 5 nitrogen and oxygen atoms in total. The quantitative estimate of drug-likeness (QED) is 0.845. The van der Waals surface area contributed by atoms with E-state index in [2.05, 4.69) is 4.98 Å². The number of ether oxygens (including phenoxy) is 2. The summed E-state index contributed by atoms with van der Waals surface area (Å²) in [5.41, 5.74) is 1.04. The Kier molecular flexibility index (Phi) is 4.04. The molecule has 1 fully saturated rings. The number of esters is 1. The second kappa shape index (κ2) is 5.57. The Labute approximate surface area is 111 Å². The van der Waals surface area contributed by atoms with Crippen LogP contribution in [0.2, 0.25) is 0 Å². The number of nitrogens with one attached hydrogen (secondary N) is 1. The minimum atomic E-state index is -0.582. The second-order valence-corrected chi connectivity index (χ2v) is 5.08. The molecule has 1 aliphatic heterocycles. The molecule has 1 aliphatic rings. The van der Waals surface area contributed by atoms with Gasteiger partial charge in [0.2, 0.25) is 0 Å². The predicted octanol–water partition coefficient (Wildman–Crippen LogP) is 1.72. The first-order valence-corrected chi connectivity index (χ1v) is 6.50. The summed E-state index contributed by atoms with van der Waals surface area (Å²) in [5.74, 6) is -0.582. The first-order valence-electron chi connectivity index (χ1n) is 6.50. The largest absolute Gasteiger partial charge is 0.459 e. The fraction of sp³-hybridized carbons (Fsp3) is 0.571. The van der Waals surface area contributed by atoms with Crippen molar-refractivity contribution in [1.29, 1.82) is 0 Å². The van der Waals surface area contributed by atoms with Gasteiger partial charge in [0.15, 0.2) is 0 Å². The lowest BCUT2D eigenvalue weighted by molar-refractivity contribution is -0.00281. The molecule has 1 N–H and O–H groups in total. The summed E-state index contributed by atoms with van der Waals surface area (Å²) in [6.45, 7) is 5.71. The van der Waals surface area contributed by atoms with E-state index in [4.69, 9.17) is 9.47 Å². The SMILES string of the molecule is Cc1cc(C)c(C(=O)OC[C@H]2CC[C@H](C)O2)c(=O)[nH]1. The zero-order valence-electron chi connectivity index (χ0n) is 11.5. The van der Waals surface area contributed by atoms with E-state index >= 15 is 0 Å². The van der Waals surface area contributed by atoms with Crippen LogP contribution in [0.25, 0.3) is 0 Å². The van der Waals surface area contributed by atoms with Crippen LogP contribution in [0.15, 0.2) is 10.9 Å². The van der Waals surface area contributed by atoms with Gasteiger partial charge in [0.05, 0.1) is 12.2 Å². The average molecular weight is 265 g/mol. The molecule has 1 aromatic heterocycles. The number of hydrogen-bond acceptors (Lipinski definition) is 4. The monoisotopic (exact) mass is 265 g/mol. The Bertz CT molecular complexity index is 535. The number of H-pyrrole nitrogens is 1. The minimum absolute atomic E-state index is 0.0520. The molecule has 1 aromatic rings. The van der Waals surface area contributed by atoms with Crippen LogP contribution in [-0.4, -0.2) is 29.8 Å². The Balaban J connectivity index is 2.02. The van der Waals surface area contributed by atoms with Crippen molar-refractivity contribution < 1.29 is 14.3 Å². The number of pyridine rings is 1. The highest BCUT2D eigenvalue weighted by Crippen LogP contribution is 2.19. The normalized spacial score (nSPS) is 22.5. The van der Waals surface area contributed by atoms with Crippen molar-refractivity contribution in [2.45, 2.75) is 45.8 Å². The van der Waals surface area contributed by atoms with Crippen molar-refractivity contribution in [2.24, 2.45) is 0 Å². The molecule has 0 unspecified atom stereocenters. The minimum Gasteiger partial charge on any atom is -0.459 e. The lowest BCUT2D eigenvalue weighted by Gasteiger charge is -2.12. The molecule has 0 aliphatic carbocycles. The molecule has 0 bridgehead atoms. The fourth-order valence-electron chi connectivity index (χ4n) is 2.36. The van der Waals surface area contributed by atoms with Crippen LogP contribution < -0.4 is 5.56 Å². The summed E-state index contributed by atoms with van der Waals surface area (Å²) in [6, 6.07) is 1.76. The molecule has 0 aromatic carbocycles. The number of carbonyl (C=O) groups excluding carboxylic acids is 1. The predicted molar refractivity (Wildman–Crippen MR) is 70.4 cm³/mol. The number of rotatable bonds is 3. The van der Waals surface area contributed by atoms with Crippen LogP contribution in [0.4, 0.5) is 0 Å². The molecule has 2 heterocycles. The topological polar surface area (TPSA) is 68.4 Å². The third-order valence-corrected chi connectivity index (χ3v) is 3.29. The first kappa shape index (κ1) is 13.8. The van der Waals surface area contributed by atoms with Crippen LogP contribution in [0.3, 0.4) is 0 Å². The summed E-state index contributed by atoms with van der Waals surface area (Å²) in [7, 11) is 0. The van der Waals surface area contributed by atoms with E-state index in [-0.39, 0.29) is 24.4 Å². The molecular weight excluding hydrogens is 246 g/mol. The molecule has 0 radical (unpaired) electrons. The first-order chi connectivity index (χ1) is 8.97. The molecule has 104 valence electrons. The Morgan fingerprint density at radius 3 is 2.79 bits per heavy atom. The van der Waals surface area contributed by atoms with Crippen molar-refractivity contribution in [3.63, 3.8) is 0 Å². The van der Waals surface area contributed by atoms with Gasteiger partial charge in [-0.05, 0) is 45.2 Å². The van der Waals surface area contributed by atoms with Crippen LogP contribution in [-0.2, 0) is 9.47 Å². The van der Waals surface area contributed by atoms with E-state index in [0.717, 1.165) is 18.5 Å². The van der Waals surface area contributed by atoms with Gasteiger partial charge in [-0.1, -0.05) is 0 Å². The molecular formula is C14H19NO4. The van der Waals surface area contributed by atoms with Gasteiger partial charge in [0.25, 0.3) is 5.56 Å². The van der Waals surface area contributed by atoms with Crippen molar-refractivity contribution in [1.82, 2.24) is 4.98 Å². The number of carbonyl (C=O) groups is 1. The van der Waals surface area contributed by atoms with Crippen molar-refractivity contribution in [3.8, 4) is 0 Å². The van der Waals surface area contributed by atoms with Crippen LogP contribution >= 0.6 is 0 Å². The number of aromatic nitrogens is 1. The Morgan fingerprint density at radius 1 is 1.47 bits per heavy atom.